The Bertz CT molecular complexity index is 971. The molecule has 0 fully saturated rings. The summed E-state index contributed by atoms with van der Waals surface area (Å²) in [4.78, 5) is 26.5. The predicted octanol–water partition coefficient (Wildman–Crippen LogP) is 2.61. The first-order valence-electron chi connectivity index (χ1n) is 7.95. The highest BCUT2D eigenvalue weighted by atomic mass is 32.2. The Balaban J connectivity index is 2.31. The van der Waals surface area contributed by atoms with E-state index in [1.54, 1.807) is 24.3 Å². The summed E-state index contributed by atoms with van der Waals surface area (Å²) in [5.74, 6) is 0.455. The maximum atomic E-state index is 13.3. The van der Waals surface area contributed by atoms with E-state index in [9.17, 15) is 9.59 Å². The highest BCUT2D eigenvalue weighted by molar-refractivity contribution is 8.13. The molecule has 0 radical (unpaired) electrons. The van der Waals surface area contributed by atoms with Crippen LogP contribution in [0.4, 0.5) is 0 Å². The number of fused-ring (bicyclic) bond motifs is 2. The van der Waals surface area contributed by atoms with Gasteiger partial charge in [0.15, 0.2) is 11.0 Å². The average Bonchev–Trinajstić information content (AvgIpc) is 2.68. The number of ether oxygens (including phenoxy) is 3. The van der Waals surface area contributed by atoms with E-state index in [0.717, 1.165) is 11.8 Å². The molecule has 3 N–H and O–H groups in total. The van der Waals surface area contributed by atoms with E-state index in [4.69, 9.17) is 25.4 Å². The molecule has 0 atom stereocenters. The fourth-order valence-electron chi connectivity index (χ4n) is 3.18. The number of amidine groups is 1. The van der Waals surface area contributed by atoms with Crippen LogP contribution in [0.25, 0.3) is 0 Å². The molecule has 2 aromatic carbocycles. The number of thioether (sulfide) groups is 1. The van der Waals surface area contributed by atoms with Crippen LogP contribution in [0.3, 0.4) is 0 Å². The Morgan fingerprint density at radius 3 is 2.30 bits per heavy atom. The Morgan fingerprint density at radius 2 is 1.70 bits per heavy atom. The maximum Gasteiger partial charge on any atom is 0.202 e. The van der Waals surface area contributed by atoms with Crippen molar-refractivity contribution in [2.75, 3.05) is 21.3 Å². The molecule has 0 heterocycles. The molecule has 7 nitrogen and oxygen atoms in total. The van der Waals surface area contributed by atoms with Crippen LogP contribution < -0.4 is 19.9 Å². The van der Waals surface area contributed by atoms with Crippen molar-refractivity contribution >= 4 is 28.5 Å². The van der Waals surface area contributed by atoms with Crippen LogP contribution in [0.1, 0.15) is 37.4 Å². The average molecular weight is 386 g/mol. The molecule has 0 spiro atoms. The topological polar surface area (TPSA) is 112 Å². The summed E-state index contributed by atoms with van der Waals surface area (Å²) in [6.45, 7) is 0. The molecular weight excluding hydrogens is 368 g/mol. The molecule has 0 unspecified atom stereocenters. The van der Waals surface area contributed by atoms with Gasteiger partial charge in [0, 0.05) is 16.9 Å². The number of hydrogen-bond acceptors (Lipinski definition) is 7. The van der Waals surface area contributed by atoms with Gasteiger partial charge >= 0.3 is 0 Å². The Hall–Kier alpha value is -3.00. The van der Waals surface area contributed by atoms with Crippen LogP contribution in [0.15, 0.2) is 24.3 Å². The lowest BCUT2D eigenvalue weighted by molar-refractivity contribution is 0.0971. The van der Waals surface area contributed by atoms with Gasteiger partial charge in [-0.1, -0.05) is 23.9 Å². The van der Waals surface area contributed by atoms with Crippen LogP contribution >= 0.6 is 11.8 Å². The summed E-state index contributed by atoms with van der Waals surface area (Å²) >= 11 is 1.08. The lowest BCUT2D eigenvalue weighted by Gasteiger charge is -2.24. The zero-order chi connectivity index (χ0) is 19.7. The highest BCUT2D eigenvalue weighted by Gasteiger charge is 2.38. The van der Waals surface area contributed by atoms with Crippen LogP contribution in [0.2, 0.25) is 0 Å². The smallest absolute Gasteiger partial charge is 0.202 e. The van der Waals surface area contributed by atoms with Crippen molar-refractivity contribution in [3.63, 3.8) is 0 Å². The minimum absolute atomic E-state index is 0.0665. The number of hydrogen-bond donors (Lipinski definition) is 2. The van der Waals surface area contributed by atoms with Crippen molar-refractivity contribution in [3.8, 4) is 17.2 Å². The van der Waals surface area contributed by atoms with E-state index in [2.05, 4.69) is 0 Å². The van der Waals surface area contributed by atoms with Gasteiger partial charge < -0.3 is 19.9 Å². The molecule has 0 saturated heterocycles. The summed E-state index contributed by atoms with van der Waals surface area (Å²) in [5.41, 5.74) is 6.80. The quantitative estimate of drug-likeness (QED) is 0.512. The fourth-order valence-corrected chi connectivity index (χ4v) is 3.70. The van der Waals surface area contributed by atoms with Crippen LogP contribution in [-0.2, 0) is 5.75 Å². The van der Waals surface area contributed by atoms with Gasteiger partial charge in [0.25, 0.3) is 0 Å². The van der Waals surface area contributed by atoms with Gasteiger partial charge in [-0.2, -0.15) is 0 Å². The second-order valence-electron chi connectivity index (χ2n) is 5.72. The second kappa shape index (κ2) is 7.32. The number of rotatable bonds is 5. The normalized spacial score (nSPS) is 12.3. The van der Waals surface area contributed by atoms with Gasteiger partial charge in [-0.05, 0) is 12.1 Å². The first-order valence-corrected chi connectivity index (χ1v) is 8.94. The van der Waals surface area contributed by atoms with E-state index < -0.39 is 0 Å². The highest BCUT2D eigenvalue weighted by Crippen LogP contribution is 2.43. The lowest BCUT2D eigenvalue weighted by Crippen LogP contribution is -2.24. The Morgan fingerprint density at radius 1 is 1.00 bits per heavy atom. The van der Waals surface area contributed by atoms with Crippen molar-refractivity contribution in [2.24, 2.45) is 5.73 Å². The first-order chi connectivity index (χ1) is 12.9. The van der Waals surface area contributed by atoms with Crippen molar-refractivity contribution in [1.82, 2.24) is 0 Å². The monoisotopic (exact) mass is 386 g/mol. The zero-order valence-electron chi connectivity index (χ0n) is 15.0. The molecule has 2 aromatic rings. The molecular formula is C19H18N2O5S. The van der Waals surface area contributed by atoms with E-state index in [1.165, 1.54) is 21.3 Å². The van der Waals surface area contributed by atoms with Crippen LogP contribution in [0.5, 0.6) is 17.2 Å². The van der Waals surface area contributed by atoms with Crippen molar-refractivity contribution in [3.05, 3.63) is 52.1 Å². The van der Waals surface area contributed by atoms with Crippen LogP contribution in [0, 0.1) is 5.41 Å². The molecule has 0 aliphatic heterocycles. The molecule has 1 aliphatic carbocycles. The van der Waals surface area contributed by atoms with Gasteiger partial charge in [-0.15, -0.1) is 0 Å². The third-order valence-corrected chi connectivity index (χ3v) is 5.07. The van der Waals surface area contributed by atoms with E-state index in [0.29, 0.717) is 17.1 Å². The number of benzene rings is 2. The first kappa shape index (κ1) is 18.8. The maximum absolute atomic E-state index is 13.3. The van der Waals surface area contributed by atoms with E-state index in [1.807, 2.05) is 0 Å². The summed E-state index contributed by atoms with van der Waals surface area (Å²) in [7, 11) is 4.31. The number of nitrogens with two attached hydrogens (primary N) is 1. The Labute approximate surface area is 160 Å². The van der Waals surface area contributed by atoms with Crippen molar-refractivity contribution in [2.45, 2.75) is 5.75 Å². The minimum Gasteiger partial charge on any atom is -0.496 e. The van der Waals surface area contributed by atoms with Crippen LogP contribution in [-0.4, -0.2) is 38.1 Å². The van der Waals surface area contributed by atoms with Gasteiger partial charge in [0.05, 0.1) is 38.0 Å². The minimum atomic E-state index is -0.373. The Kier molecular flexibility index (Phi) is 5.09. The zero-order valence-corrected chi connectivity index (χ0v) is 15.9. The predicted molar refractivity (Wildman–Crippen MR) is 103 cm³/mol. The number of carbonyl (C=O) groups excluding carboxylic acids is 2. The number of methoxy groups -OCH3 is 3. The molecule has 8 heteroatoms. The van der Waals surface area contributed by atoms with Crippen molar-refractivity contribution < 1.29 is 23.8 Å². The lowest BCUT2D eigenvalue weighted by atomic mass is 9.81. The summed E-state index contributed by atoms with van der Waals surface area (Å²) in [6.07, 6.45) is 0. The molecule has 27 heavy (non-hydrogen) atoms. The third-order valence-electron chi connectivity index (χ3n) is 4.30. The molecule has 0 saturated carbocycles. The number of nitrogens with one attached hydrogen (secondary N) is 1. The molecule has 140 valence electrons. The largest absolute Gasteiger partial charge is 0.496 e. The SMILES string of the molecule is COc1cccc2c1C(=O)c1c(OC)c(CSC(=N)N)cc(OC)c1C2=O. The summed E-state index contributed by atoms with van der Waals surface area (Å²) in [5, 5.41) is 7.34. The number of ketones is 2. The third kappa shape index (κ3) is 3.02. The number of carbonyl (C=O) groups is 2. The van der Waals surface area contributed by atoms with Gasteiger partial charge in [-0.25, -0.2) is 0 Å². The summed E-state index contributed by atoms with van der Waals surface area (Å²) < 4.78 is 16.2. The molecule has 3 rings (SSSR count). The van der Waals surface area contributed by atoms with Crippen molar-refractivity contribution in [1.29, 1.82) is 5.41 Å². The standard InChI is InChI=1S/C19H18N2O5S/c1-24-11-6-4-5-10-13(11)17(23)15-14(16(10)22)12(25-2)7-9(18(15)26-3)8-27-19(20)21/h4-7H,8H2,1-3H3,(H3,20,21). The van der Waals surface area contributed by atoms with E-state index >= 15 is 0 Å². The van der Waals surface area contributed by atoms with Gasteiger partial charge in [-0.3, -0.25) is 15.0 Å². The second-order valence-corrected chi connectivity index (χ2v) is 6.73. The van der Waals surface area contributed by atoms with Gasteiger partial charge in [0.1, 0.15) is 17.2 Å². The molecule has 0 aromatic heterocycles. The molecule has 1 aliphatic rings. The molecule has 0 bridgehead atoms. The van der Waals surface area contributed by atoms with Gasteiger partial charge in [0.2, 0.25) is 5.78 Å². The summed E-state index contributed by atoms with van der Waals surface area (Å²) in [6, 6.07) is 6.53. The fraction of sp³-hybridized carbons (Fsp3) is 0.211. The molecule has 0 amide bonds. The van der Waals surface area contributed by atoms with E-state index in [-0.39, 0.29) is 50.5 Å².